The predicted octanol–water partition coefficient (Wildman–Crippen LogP) is 4.35. The van der Waals surface area contributed by atoms with Crippen LogP contribution in [0.2, 0.25) is 0 Å². The van der Waals surface area contributed by atoms with E-state index in [1.165, 1.54) is 16.7 Å². The van der Waals surface area contributed by atoms with Gasteiger partial charge in [-0.2, -0.15) is 0 Å². The van der Waals surface area contributed by atoms with Gasteiger partial charge in [0.25, 0.3) is 0 Å². The van der Waals surface area contributed by atoms with Gasteiger partial charge in [0, 0.05) is 17.5 Å². The molecule has 1 N–H and O–H groups in total. The van der Waals surface area contributed by atoms with Gasteiger partial charge in [0.05, 0.1) is 11.4 Å². The van der Waals surface area contributed by atoms with Gasteiger partial charge in [-0.15, -0.1) is 0 Å². The Morgan fingerprint density at radius 3 is 2.88 bits per heavy atom. The topological polar surface area (TPSA) is 37.5 Å². The number of hydrogen-bond acceptors (Lipinski definition) is 3. The molecule has 3 heteroatoms. The SMILES string of the molecule is CC1=N[C@]2(CCc3c(cccc3-c3cc4ccccc4o3)C2)CN1. The molecular weight excluding hydrogens is 296 g/mol. The highest BCUT2D eigenvalue weighted by Gasteiger charge is 2.38. The highest BCUT2D eigenvalue weighted by atomic mass is 16.3. The largest absolute Gasteiger partial charge is 0.456 e. The van der Waals surface area contributed by atoms with Crippen molar-refractivity contribution in [1.29, 1.82) is 0 Å². The van der Waals surface area contributed by atoms with Crippen LogP contribution < -0.4 is 5.32 Å². The van der Waals surface area contributed by atoms with E-state index in [9.17, 15) is 0 Å². The van der Waals surface area contributed by atoms with Crippen LogP contribution in [0, 0.1) is 0 Å². The fraction of sp³-hybridized carbons (Fsp3) is 0.286. The van der Waals surface area contributed by atoms with Gasteiger partial charge in [-0.3, -0.25) is 4.99 Å². The third-order valence-corrected chi connectivity index (χ3v) is 5.40. The molecule has 3 aromatic rings. The van der Waals surface area contributed by atoms with Crippen molar-refractivity contribution in [2.24, 2.45) is 4.99 Å². The zero-order valence-corrected chi connectivity index (χ0v) is 13.8. The minimum Gasteiger partial charge on any atom is -0.456 e. The van der Waals surface area contributed by atoms with E-state index in [-0.39, 0.29) is 5.54 Å². The lowest BCUT2D eigenvalue weighted by Gasteiger charge is -2.32. The van der Waals surface area contributed by atoms with Gasteiger partial charge < -0.3 is 9.73 Å². The van der Waals surface area contributed by atoms with Crippen LogP contribution in [-0.2, 0) is 12.8 Å². The third kappa shape index (κ3) is 2.08. The molecule has 0 bridgehead atoms. The maximum absolute atomic E-state index is 6.11. The van der Waals surface area contributed by atoms with Crippen molar-refractivity contribution in [1.82, 2.24) is 5.32 Å². The van der Waals surface area contributed by atoms with Gasteiger partial charge >= 0.3 is 0 Å². The smallest absolute Gasteiger partial charge is 0.135 e. The van der Waals surface area contributed by atoms with E-state index in [0.29, 0.717) is 0 Å². The number of hydrogen-bond donors (Lipinski definition) is 1. The molecule has 2 aromatic carbocycles. The second kappa shape index (κ2) is 4.97. The monoisotopic (exact) mass is 316 g/mol. The van der Waals surface area contributed by atoms with Crippen LogP contribution in [0.4, 0.5) is 0 Å². The van der Waals surface area contributed by atoms with Gasteiger partial charge in [-0.25, -0.2) is 0 Å². The standard InChI is InChI=1S/C21H20N2O/c1-14-22-13-21(23-14)10-9-17-16(12-21)6-4-7-18(17)20-11-15-5-2-3-8-19(15)24-20/h2-8,11H,9-10,12-13H2,1H3,(H,22,23)/t21-/m0/s1. The molecule has 0 saturated carbocycles. The zero-order chi connectivity index (χ0) is 16.1. The fourth-order valence-electron chi connectivity index (χ4n) is 4.22. The molecule has 0 fully saturated rings. The summed E-state index contributed by atoms with van der Waals surface area (Å²) in [7, 11) is 0. The Morgan fingerprint density at radius 1 is 1.12 bits per heavy atom. The Balaban J connectivity index is 1.59. The first-order valence-corrected chi connectivity index (χ1v) is 8.63. The van der Waals surface area contributed by atoms with E-state index in [4.69, 9.17) is 9.41 Å². The first-order valence-electron chi connectivity index (χ1n) is 8.63. The maximum atomic E-state index is 6.11. The number of furan rings is 1. The number of nitrogens with one attached hydrogen (secondary N) is 1. The number of benzene rings is 2. The molecule has 1 aliphatic heterocycles. The second-order valence-corrected chi connectivity index (χ2v) is 7.04. The van der Waals surface area contributed by atoms with Gasteiger partial charge in [0.15, 0.2) is 0 Å². The minimum absolute atomic E-state index is 0.0591. The number of para-hydroxylation sites is 1. The van der Waals surface area contributed by atoms with Crippen LogP contribution >= 0.6 is 0 Å². The van der Waals surface area contributed by atoms with Crippen molar-refractivity contribution < 1.29 is 4.42 Å². The Labute approximate surface area is 141 Å². The normalized spacial score (nSPS) is 22.5. The van der Waals surface area contributed by atoms with Crippen LogP contribution in [0.25, 0.3) is 22.3 Å². The summed E-state index contributed by atoms with van der Waals surface area (Å²) < 4.78 is 6.11. The number of fused-ring (bicyclic) bond motifs is 2. The summed E-state index contributed by atoms with van der Waals surface area (Å²) in [5.41, 5.74) is 5.10. The lowest BCUT2D eigenvalue weighted by Crippen LogP contribution is -2.38. The molecule has 5 rings (SSSR count). The molecule has 1 spiro atoms. The number of rotatable bonds is 1. The highest BCUT2D eigenvalue weighted by molar-refractivity contribution is 5.84. The zero-order valence-electron chi connectivity index (χ0n) is 13.8. The summed E-state index contributed by atoms with van der Waals surface area (Å²) in [4.78, 5) is 4.90. The van der Waals surface area contributed by atoms with Crippen LogP contribution in [0.5, 0.6) is 0 Å². The number of amidine groups is 1. The Bertz CT molecular complexity index is 936. The quantitative estimate of drug-likeness (QED) is 0.725. The molecule has 3 nitrogen and oxygen atoms in total. The van der Waals surface area contributed by atoms with Crippen LogP contribution in [0.15, 0.2) is 57.9 Å². The van der Waals surface area contributed by atoms with Crippen LogP contribution in [0.1, 0.15) is 24.5 Å². The summed E-state index contributed by atoms with van der Waals surface area (Å²) in [6, 6.07) is 17.0. The molecular formula is C21H20N2O. The first-order chi connectivity index (χ1) is 11.7. The fourth-order valence-corrected chi connectivity index (χ4v) is 4.22. The molecule has 0 saturated heterocycles. The van der Waals surface area contributed by atoms with Crippen molar-refractivity contribution in [3.05, 3.63) is 59.7 Å². The van der Waals surface area contributed by atoms with E-state index in [1.807, 2.05) is 12.1 Å². The van der Waals surface area contributed by atoms with Crippen molar-refractivity contribution in [3.63, 3.8) is 0 Å². The second-order valence-electron chi connectivity index (χ2n) is 7.04. The summed E-state index contributed by atoms with van der Waals surface area (Å²) in [5.74, 6) is 2.06. The van der Waals surface area contributed by atoms with Gasteiger partial charge in [0.1, 0.15) is 11.3 Å². The molecule has 1 aromatic heterocycles. The van der Waals surface area contributed by atoms with Crippen LogP contribution in [0.3, 0.4) is 0 Å². The minimum atomic E-state index is 0.0591. The Kier molecular flexibility index (Phi) is 2.87. The summed E-state index contributed by atoms with van der Waals surface area (Å²) >= 11 is 0. The van der Waals surface area contributed by atoms with E-state index >= 15 is 0 Å². The number of aliphatic imine (C=N–C) groups is 1. The first kappa shape index (κ1) is 13.8. The highest BCUT2D eigenvalue weighted by Crippen LogP contribution is 2.39. The van der Waals surface area contributed by atoms with Gasteiger partial charge in [-0.1, -0.05) is 36.4 Å². The molecule has 24 heavy (non-hydrogen) atoms. The maximum Gasteiger partial charge on any atom is 0.135 e. The van der Waals surface area contributed by atoms with Crippen molar-refractivity contribution in [3.8, 4) is 11.3 Å². The summed E-state index contributed by atoms with van der Waals surface area (Å²) in [6.45, 7) is 3.03. The molecule has 1 atom stereocenters. The van der Waals surface area contributed by atoms with Crippen molar-refractivity contribution in [2.75, 3.05) is 6.54 Å². The van der Waals surface area contributed by atoms with Gasteiger partial charge in [-0.05, 0) is 49.4 Å². The Hall–Kier alpha value is -2.55. The lowest BCUT2D eigenvalue weighted by atomic mass is 9.77. The average molecular weight is 316 g/mol. The third-order valence-electron chi connectivity index (χ3n) is 5.40. The average Bonchev–Trinajstić information content (AvgIpc) is 3.18. The number of nitrogens with zero attached hydrogens (tertiary/aromatic N) is 1. The van der Waals surface area contributed by atoms with E-state index in [2.05, 4.69) is 48.6 Å². The van der Waals surface area contributed by atoms with E-state index in [1.54, 1.807) is 0 Å². The van der Waals surface area contributed by atoms with Gasteiger partial charge in [0.2, 0.25) is 0 Å². The molecule has 2 aliphatic rings. The van der Waals surface area contributed by atoms with E-state index in [0.717, 1.165) is 48.4 Å². The van der Waals surface area contributed by atoms with Crippen molar-refractivity contribution in [2.45, 2.75) is 31.7 Å². The molecule has 0 unspecified atom stereocenters. The lowest BCUT2D eigenvalue weighted by molar-refractivity contribution is 0.394. The predicted molar refractivity (Wildman–Crippen MR) is 97.5 cm³/mol. The molecule has 1 aliphatic carbocycles. The van der Waals surface area contributed by atoms with Crippen LogP contribution in [-0.4, -0.2) is 17.9 Å². The molecule has 2 heterocycles. The van der Waals surface area contributed by atoms with E-state index < -0.39 is 0 Å². The summed E-state index contributed by atoms with van der Waals surface area (Å²) in [5, 5.41) is 4.57. The Morgan fingerprint density at radius 2 is 2.04 bits per heavy atom. The summed E-state index contributed by atoms with van der Waals surface area (Å²) in [6.07, 6.45) is 3.17. The molecule has 0 amide bonds. The molecule has 120 valence electrons. The van der Waals surface area contributed by atoms with Crippen molar-refractivity contribution >= 4 is 16.8 Å². The molecule has 0 radical (unpaired) electrons.